The smallest absolute Gasteiger partial charge is 0.253 e. The zero-order valence-electron chi connectivity index (χ0n) is 18.1. The predicted octanol–water partition coefficient (Wildman–Crippen LogP) is 3.15. The van der Waals surface area contributed by atoms with E-state index in [0.29, 0.717) is 24.5 Å². The number of pyridine rings is 1. The summed E-state index contributed by atoms with van der Waals surface area (Å²) < 4.78 is 7.47. The average molecular weight is 431 g/mol. The molecule has 5 rings (SSSR count). The van der Waals surface area contributed by atoms with E-state index in [0.717, 1.165) is 48.1 Å². The fraction of sp³-hybridized carbons (Fsp3) is 0.333. The molecule has 1 aliphatic heterocycles. The van der Waals surface area contributed by atoms with Crippen LogP contribution < -0.4 is 10.3 Å². The summed E-state index contributed by atoms with van der Waals surface area (Å²) in [6.45, 7) is 4.90. The lowest BCUT2D eigenvalue weighted by Gasteiger charge is -2.26. The number of tetrazole rings is 1. The molecule has 8 nitrogen and oxygen atoms in total. The molecule has 2 aromatic heterocycles. The normalized spacial score (nSPS) is 15.3. The maximum atomic E-state index is 13.2. The van der Waals surface area contributed by atoms with Gasteiger partial charge in [-0.25, -0.2) is 4.68 Å². The molecule has 1 N–H and O–H groups in total. The van der Waals surface area contributed by atoms with E-state index in [9.17, 15) is 4.79 Å². The van der Waals surface area contributed by atoms with Gasteiger partial charge in [0.2, 0.25) is 0 Å². The van der Waals surface area contributed by atoms with Crippen LogP contribution in [0.1, 0.15) is 42.8 Å². The number of ether oxygens (including phenoxy) is 1. The molecule has 2 aromatic carbocycles. The molecule has 0 spiro atoms. The summed E-state index contributed by atoms with van der Waals surface area (Å²) in [5.74, 6) is 1.46. The van der Waals surface area contributed by atoms with E-state index in [1.165, 1.54) is 0 Å². The van der Waals surface area contributed by atoms with Crippen molar-refractivity contribution in [1.29, 1.82) is 0 Å². The predicted molar refractivity (Wildman–Crippen MR) is 122 cm³/mol. The van der Waals surface area contributed by atoms with Crippen LogP contribution in [0.2, 0.25) is 0 Å². The number of nitrogens with one attached hydrogen (secondary N) is 1. The van der Waals surface area contributed by atoms with E-state index >= 15 is 0 Å². The zero-order chi connectivity index (χ0) is 21.9. The SMILES string of the molecule is CCOc1ccc2[nH]c(=O)c([C@@H](c3nnnn3Cc3ccccc3)N3CCCC3)cc2c1. The molecule has 3 heterocycles. The maximum Gasteiger partial charge on any atom is 0.253 e. The Labute approximate surface area is 185 Å². The minimum atomic E-state index is -0.319. The Balaban J connectivity index is 1.60. The number of nitrogens with zero attached hydrogens (tertiary/aromatic N) is 5. The Bertz CT molecular complexity index is 1260. The Kier molecular flexibility index (Phi) is 5.68. The topological polar surface area (TPSA) is 88.9 Å². The van der Waals surface area contributed by atoms with Crippen LogP contribution in [0.4, 0.5) is 0 Å². The third kappa shape index (κ3) is 4.01. The van der Waals surface area contributed by atoms with Crippen molar-refractivity contribution < 1.29 is 4.74 Å². The first-order valence-corrected chi connectivity index (χ1v) is 11.1. The van der Waals surface area contributed by atoms with E-state index in [1.54, 1.807) is 4.68 Å². The van der Waals surface area contributed by atoms with Crippen LogP contribution in [0.25, 0.3) is 10.9 Å². The summed E-state index contributed by atoms with van der Waals surface area (Å²) in [7, 11) is 0. The van der Waals surface area contributed by atoms with Gasteiger partial charge in [-0.05, 0) is 73.1 Å². The second-order valence-electron chi connectivity index (χ2n) is 8.06. The quantitative estimate of drug-likeness (QED) is 0.485. The zero-order valence-corrected chi connectivity index (χ0v) is 18.1. The first kappa shape index (κ1) is 20.4. The summed E-state index contributed by atoms with van der Waals surface area (Å²) in [5.41, 5.74) is 2.42. The van der Waals surface area contributed by atoms with Crippen LogP contribution in [-0.4, -0.2) is 49.8 Å². The van der Waals surface area contributed by atoms with E-state index in [2.05, 4.69) is 37.5 Å². The van der Waals surface area contributed by atoms with Crippen LogP contribution in [-0.2, 0) is 6.54 Å². The van der Waals surface area contributed by atoms with Gasteiger partial charge in [0, 0.05) is 16.5 Å². The standard InChI is InChI=1S/C24H26N6O2/c1-2-32-19-10-11-21-18(14-19)15-20(24(31)25-21)22(29-12-6-7-13-29)23-26-27-28-30(23)16-17-8-4-3-5-9-17/h3-5,8-11,14-15,22H,2,6-7,12-13,16H2,1H3,(H,25,31)/t22-/m0/s1. The van der Waals surface area contributed by atoms with Crippen molar-refractivity contribution in [3.63, 3.8) is 0 Å². The number of benzene rings is 2. The molecule has 164 valence electrons. The monoisotopic (exact) mass is 430 g/mol. The fourth-order valence-electron chi connectivity index (χ4n) is 4.44. The number of hydrogen-bond donors (Lipinski definition) is 1. The number of aromatic nitrogens is 5. The highest BCUT2D eigenvalue weighted by Crippen LogP contribution is 2.30. The molecule has 0 bridgehead atoms. The highest BCUT2D eigenvalue weighted by atomic mass is 16.5. The van der Waals surface area contributed by atoms with Crippen molar-refractivity contribution in [3.05, 3.63) is 81.9 Å². The van der Waals surface area contributed by atoms with Gasteiger partial charge >= 0.3 is 0 Å². The van der Waals surface area contributed by atoms with E-state index in [4.69, 9.17) is 4.74 Å². The van der Waals surface area contributed by atoms with Gasteiger partial charge in [-0.2, -0.15) is 0 Å². The van der Waals surface area contributed by atoms with E-state index in [1.807, 2.05) is 49.4 Å². The van der Waals surface area contributed by atoms with Gasteiger partial charge in [0.25, 0.3) is 5.56 Å². The molecular formula is C24H26N6O2. The lowest BCUT2D eigenvalue weighted by atomic mass is 10.0. The number of rotatable bonds is 7. The van der Waals surface area contributed by atoms with Crippen LogP contribution in [0.3, 0.4) is 0 Å². The van der Waals surface area contributed by atoms with E-state index < -0.39 is 0 Å². The first-order valence-electron chi connectivity index (χ1n) is 11.1. The minimum absolute atomic E-state index is 0.118. The number of aromatic amines is 1. The van der Waals surface area contributed by atoms with Crippen LogP contribution in [0, 0.1) is 0 Å². The van der Waals surface area contributed by atoms with Gasteiger partial charge in [0.05, 0.1) is 13.2 Å². The molecule has 1 aliphatic rings. The van der Waals surface area contributed by atoms with Gasteiger partial charge in [0.1, 0.15) is 11.8 Å². The second kappa shape index (κ2) is 8.92. The van der Waals surface area contributed by atoms with E-state index in [-0.39, 0.29) is 11.6 Å². The molecule has 0 radical (unpaired) electrons. The molecule has 0 saturated carbocycles. The van der Waals surface area contributed by atoms with Gasteiger partial charge < -0.3 is 9.72 Å². The van der Waals surface area contributed by atoms with Crippen molar-refractivity contribution in [1.82, 2.24) is 30.1 Å². The highest BCUT2D eigenvalue weighted by molar-refractivity contribution is 5.80. The molecule has 0 amide bonds. The van der Waals surface area contributed by atoms with Gasteiger partial charge in [-0.15, -0.1) is 5.10 Å². The molecule has 0 unspecified atom stereocenters. The molecule has 1 fully saturated rings. The number of hydrogen-bond acceptors (Lipinski definition) is 6. The number of likely N-dealkylation sites (tertiary alicyclic amines) is 1. The Morgan fingerprint density at radius 3 is 2.69 bits per heavy atom. The van der Waals surface area contributed by atoms with Crippen LogP contribution in [0.15, 0.2) is 59.4 Å². The van der Waals surface area contributed by atoms with Gasteiger partial charge in [-0.3, -0.25) is 9.69 Å². The lowest BCUT2D eigenvalue weighted by molar-refractivity contribution is 0.263. The molecule has 1 saturated heterocycles. The highest BCUT2D eigenvalue weighted by Gasteiger charge is 2.32. The summed E-state index contributed by atoms with van der Waals surface area (Å²) >= 11 is 0. The number of fused-ring (bicyclic) bond motifs is 1. The Morgan fingerprint density at radius 2 is 1.91 bits per heavy atom. The van der Waals surface area contributed by atoms with Crippen molar-refractivity contribution in [2.45, 2.75) is 32.4 Å². The summed E-state index contributed by atoms with van der Waals surface area (Å²) in [4.78, 5) is 18.6. The van der Waals surface area contributed by atoms with Crippen molar-refractivity contribution in [3.8, 4) is 5.75 Å². The Hall–Kier alpha value is -3.52. The van der Waals surface area contributed by atoms with Crippen molar-refractivity contribution in [2.24, 2.45) is 0 Å². The number of H-pyrrole nitrogens is 1. The lowest BCUT2D eigenvalue weighted by Crippen LogP contribution is -2.33. The molecular weight excluding hydrogens is 404 g/mol. The van der Waals surface area contributed by atoms with Gasteiger partial charge in [0.15, 0.2) is 5.82 Å². The third-order valence-corrected chi connectivity index (χ3v) is 5.94. The molecule has 4 aromatic rings. The summed E-state index contributed by atoms with van der Waals surface area (Å²) in [6.07, 6.45) is 2.19. The maximum absolute atomic E-state index is 13.2. The molecule has 1 atom stereocenters. The molecule has 32 heavy (non-hydrogen) atoms. The van der Waals surface area contributed by atoms with Crippen LogP contribution >= 0.6 is 0 Å². The first-order chi connectivity index (χ1) is 15.7. The largest absolute Gasteiger partial charge is 0.494 e. The van der Waals surface area contributed by atoms with Crippen molar-refractivity contribution >= 4 is 10.9 Å². The summed E-state index contributed by atoms with van der Waals surface area (Å²) in [6, 6.07) is 17.5. The fourth-order valence-corrected chi connectivity index (χ4v) is 4.44. The summed E-state index contributed by atoms with van der Waals surface area (Å²) in [5, 5.41) is 13.5. The average Bonchev–Trinajstić information content (AvgIpc) is 3.49. The Morgan fingerprint density at radius 1 is 1.09 bits per heavy atom. The molecule has 0 aliphatic carbocycles. The van der Waals surface area contributed by atoms with Crippen LogP contribution in [0.5, 0.6) is 5.75 Å². The third-order valence-electron chi connectivity index (χ3n) is 5.94. The molecule has 8 heteroatoms. The van der Waals surface area contributed by atoms with Gasteiger partial charge in [-0.1, -0.05) is 30.3 Å². The minimum Gasteiger partial charge on any atom is -0.494 e. The van der Waals surface area contributed by atoms with Crippen molar-refractivity contribution in [2.75, 3.05) is 19.7 Å². The second-order valence-corrected chi connectivity index (χ2v) is 8.06.